The summed E-state index contributed by atoms with van der Waals surface area (Å²) in [6.07, 6.45) is 6.10. The predicted molar refractivity (Wildman–Crippen MR) is 99.2 cm³/mol. The molecule has 4 atom stereocenters. The summed E-state index contributed by atoms with van der Waals surface area (Å²) >= 11 is 3.72. The van der Waals surface area contributed by atoms with Crippen molar-refractivity contribution in [3.63, 3.8) is 0 Å². The molecule has 2 fully saturated rings. The third-order valence-electron chi connectivity index (χ3n) is 5.79. The summed E-state index contributed by atoms with van der Waals surface area (Å²) in [6.45, 7) is 12.0. The minimum Gasteiger partial charge on any atom is -0.355 e. The first-order valence-electron chi connectivity index (χ1n) is 8.72. The van der Waals surface area contributed by atoms with E-state index in [1.807, 2.05) is 6.08 Å². The zero-order valence-corrected chi connectivity index (χ0v) is 16.1. The fourth-order valence-corrected chi connectivity index (χ4v) is 4.91. The van der Waals surface area contributed by atoms with E-state index in [-0.39, 0.29) is 11.8 Å². The number of halogens is 1. The maximum absolute atomic E-state index is 6.68. The van der Waals surface area contributed by atoms with E-state index in [1.165, 1.54) is 24.8 Å². The SMILES string of the molecule is C=CCN1[C@H](c2ccccc2Br)OC2C[C@H](C)CCC2C1(C)C. The van der Waals surface area contributed by atoms with Crippen molar-refractivity contribution in [2.45, 2.75) is 57.9 Å². The maximum atomic E-state index is 6.68. The Morgan fingerprint density at radius 1 is 1.35 bits per heavy atom. The van der Waals surface area contributed by atoms with E-state index in [9.17, 15) is 0 Å². The summed E-state index contributed by atoms with van der Waals surface area (Å²) in [6, 6.07) is 8.43. The molecule has 0 amide bonds. The summed E-state index contributed by atoms with van der Waals surface area (Å²) in [5, 5.41) is 0. The molecular weight excluding hydrogens is 350 g/mol. The number of hydrogen-bond acceptors (Lipinski definition) is 2. The molecule has 0 aromatic heterocycles. The predicted octanol–water partition coefficient (Wildman–Crippen LogP) is 5.55. The molecular formula is C20H28BrNO. The Labute approximate surface area is 149 Å². The molecule has 0 spiro atoms. The van der Waals surface area contributed by atoms with Gasteiger partial charge in [0.2, 0.25) is 0 Å². The molecule has 1 heterocycles. The lowest BCUT2D eigenvalue weighted by molar-refractivity contribution is -0.234. The highest BCUT2D eigenvalue weighted by Crippen LogP contribution is 2.49. The topological polar surface area (TPSA) is 12.5 Å². The van der Waals surface area contributed by atoms with Gasteiger partial charge in [-0.1, -0.05) is 53.5 Å². The van der Waals surface area contributed by atoms with Gasteiger partial charge in [-0.2, -0.15) is 0 Å². The fraction of sp³-hybridized carbons (Fsp3) is 0.600. The van der Waals surface area contributed by atoms with Gasteiger partial charge in [0.05, 0.1) is 6.10 Å². The van der Waals surface area contributed by atoms with Gasteiger partial charge in [-0.25, -0.2) is 0 Å². The van der Waals surface area contributed by atoms with Gasteiger partial charge in [0.1, 0.15) is 6.23 Å². The van der Waals surface area contributed by atoms with Gasteiger partial charge in [-0.05, 0) is 38.7 Å². The van der Waals surface area contributed by atoms with Gasteiger partial charge in [0.25, 0.3) is 0 Å². The molecule has 1 saturated carbocycles. The molecule has 1 aliphatic carbocycles. The van der Waals surface area contributed by atoms with Crippen LogP contribution < -0.4 is 0 Å². The zero-order chi connectivity index (χ0) is 16.6. The molecule has 0 N–H and O–H groups in total. The minimum absolute atomic E-state index is 0.00914. The van der Waals surface area contributed by atoms with Crippen LogP contribution in [-0.2, 0) is 4.74 Å². The monoisotopic (exact) mass is 377 g/mol. The molecule has 2 nitrogen and oxygen atoms in total. The molecule has 0 bridgehead atoms. The Balaban J connectivity index is 1.99. The molecule has 1 aromatic rings. The summed E-state index contributed by atoms with van der Waals surface area (Å²) in [7, 11) is 0. The van der Waals surface area contributed by atoms with Crippen LogP contribution in [0.5, 0.6) is 0 Å². The summed E-state index contributed by atoms with van der Waals surface area (Å²) < 4.78 is 7.80. The smallest absolute Gasteiger partial charge is 0.138 e. The molecule has 2 aliphatic rings. The second-order valence-electron chi connectivity index (χ2n) is 7.67. The van der Waals surface area contributed by atoms with Crippen molar-refractivity contribution in [3.05, 3.63) is 47.0 Å². The van der Waals surface area contributed by atoms with Crippen LogP contribution in [0.15, 0.2) is 41.4 Å². The van der Waals surface area contributed by atoms with E-state index < -0.39 is 0 Å². The zero-order valence-electron chi connectivity index (χ0n) is 14.5. The first-order chi connectivity index (χ1) is 10.9. The lowest BCUT2D eigenvalue weighted by Gasteiger charge is -2.57. The van der Waals surface area contributed by atoms with E-state index in [0.29, 0.717) is 12.0 Å². The molecule has 23 heavy (non-hydrogen) atoms. The highest BCUT2D eigenvalue weighted by molar-refractivity contribution is 9.10. The van der Waals surface area contributed by atoms with Crippen LogP contribution in [0.2, 0.25) is 0 Å². The van der Waals surface area contributed by atoms with Crippen molar-refractivity contribution < 1.29 is 4.74 Å². The van der Waals surface area contributed by atoms with Crippen molar-refractivity contribution in [2.75, 3.05) is 6.54 Å². The minimum atomic E-state index is -0.00914. The van der Waals surface area contributed by atoms with Gasteiger partial charge in [-0.3, -0.25) is 4.90 Å². The number of nitrogens with zero attached hydrogens (tertiary/aromatic N) is 1. The van der Waals surface area contributed by atoms with Crippen molar-refractivity contribution in [1.29, 1.82) is 0 Å². The molecule has 1 saturated heterocycles. The quantitative estimate of drug-likeness (QED) is 0.640. The van der Waals surface area contributed by atoms with Gasteiger partial charge in [0.15, 0.2) is 0 Å². The molecule has 126 valence electrons. The Morgan fingerprint density at radius 2 is 2.09 bits per heavy atom. The van der Waals surface area contributed by atoms with Crippen molar-refractivity contribution in [1.82, 2.24) is 4.90 Å². The van der Waals surface area contributed by atoms with Gasteiger partial charge in [0, 0.05) is 28.0 Å². The van der Waals surface area contributed by atoms with Crippen LogP contribution in [-0.4, -0.2) is 23.1 Å². The normalized spacial score (nSPS) is 33.9. The Hall–Kier alpha value is -0.640. The number of ether oxygens (including phenoxy) is 1. The van der Waals surface area contributed by atoms with Crippen LogP contribution in [0.3, 0.4) is 0 Å². The number of hydrogen-bond donors (Lipinski definition) is 0. The van der Waals surface area contributed by atoms with E-state index in [1.54, 1.807) is 0 Å². The first-order valence-corrected chi connectivity index (χ1v) is 9.52. The highest BCUT2D eigenvalue weighted by Gasteiger charge is 2.50. The summed E-state index contributed by atoms with van der Waals surface area (Å²) in [5.41, 5.74) is 1.33. The molecule has 0 radical (unpaired) electrons. The third-order valence-corrected chi connectivity index (χ3v) is 6.51. The lowest BCUT2D eigenvalue weighted by atomic mass is 9.69. The summed E-state index contributed by atoms with van der Waals surface area (Å²) in [4.78, 5) is 2.48. The van der Waals surface area contributed by atoms with Crippen molar-refractivity contribution in [3.8, 4) is 0 Å². The molecule has 2 unspecified atom stereocenters. The van der Waals surface area contributed by atoms with Crippen LogP contribution in [0.25, 0.3) is 0 Å². The van der Waals surface area contributed by atoms with Crippen LogP contribution >= 0.6 is 15.9 Å². The van der Waals surface area contributed by atoms with Crippen LogP contribution in [0, 0.1) is 11.8 Å². The third kappa shape index (κ3) is 3.16. The molecule has 1 aromatic carbocycles. The average Bonchev–Trinajstić information content (AvgIpc) is 2.50. The second-order valence-corrected chi connectivity index (χ2v) is 8.52. The Morgan fingerprint density at radius 3 is 2.78 bits per heavy atom. The maximum Gasteiger partial charge on any atom is 0.138 e. The largest absolute Gasteiger partial charge is 0.355 e. The second kappa shape index (κ2) is 6.70. The van der Waals surface area contributed by atoms with Crippen molar-refractivity contribution >= 4 is 15.9 Å². The van der Waals surface area contributed by atoms with Crippen LogP contribution in [0.4, 0.5) is 0 Å². The van der Waals surface area contributed by atoms with E-state index in [2.05, 4.69) is 72.4 Å². The average molecular weight is 378 g/mol. The van der Waals surface area contributed by atoms with Gasteiger partial charge >= 0.3 is 0 Å². The van der Waals surface area contributed by atoms with E-state index >= 15 is 0 Å². The van der Waals surface area contributed by atoms with E-state index in [4.69, 9.17) is 4.74 Å². The molecule has 3 heteroatoms. The number of fused-ring (bicyclic) bond motifs is 1. The molecule has 3 rings (SSSR count). The number of benzene rings is 1. The Bertz CT molecular complexity index is 571. The van der Waals surface area contributed by atoms with Gasteiger partial charge < -0.3 is 4.74 Å². The Kier molecular flexibility index (Phi) is 5.01. The standard InChI is InChI=1S/C20H28BrNO/c1-5-12-22-19(15-8-6-7-9-17(15)21)23-18-13-14(2)10-11-16(18)20(22,3)4/h5-9,14,16,18-19H,1,10-13H2,2-4H3/t14-,16?,18?,19+/m1/s1. The van der Waals surface area contributed by atoms with E-state index in [0.717, 1.165) is 16.9 Å². The molecule has 1 aliphatic heterocycles. The lowest BCUT2D eigenvalue weighted by Crippen LogP contribution is -2.61. The first kappa shape index (κ1) is 17.2. The number of rotatable bonds is 3. The fourth-order valence-electron chi connectivity index (χ4n) is 4.43. The summed E-state index contributed by atoms with van der Waals surface area (Å²) in [5.74, 6) is 1.36. The highest BCUT2D eigenvalue weighted by atomic mass is 79.9. The van der Waals surface area contributed by atoms with Gasteiger partial charge in [-0.15, -0.1) is 6.58 Å². The van der Waals surface area contributed by atoms with Crippen molar-refractivity contribution in [2.24, 2.45) is 11.8 Å². The van der Waals surface area contributed by atoms with Crippen LogP contribution in [0.1, 0.15) is 51.8 Å².